The summed E-state index contributed by atoms with van der Waals surface area (Å²) in [7, 11) is 0. The van der Waals surface area contributed by atoms with Gasteiger partial charge in [-0.15, -0.1) is 0 Å². The van der Waals surface area contributed by atoms with Crippen LogP contribution in [0.3, 0.4) is 0 Å². The monoisotopic (exact) mass is 284 g/mol. The van der Waals surface area contributed by atoms with Crippen molar-refractivity contribution in [2.75, 3.05) is 6.61 Å². The fraction of sp³-hybridized carbons (Fsp3) is 0.294. The summed E-state index contributed by atoms with van der Waals surface area (Å²) in [6, 6.07) is 13.7. The average Bonchev–Trinajstić information content (AvgIpc) is 2.52. The van der Waals surface area contributed by atoms with Gasteiger partial charge in [0.1, 0.15) is 5.75 Å². The molecule has 0 aliphatic heterocycles. The maximum atomic E-state index is 11.6. The molecule has 4 heteroatoms. The van der Waals surface area contributed by atoms with Crippen molar-refractivity contribution in [3.8, 4) is 5.75 Å². The smallest absolute Gasteiger partial charge is 0.277 e. The highest BCUT2D eigenvalue weighted by Crippen LogP contribution is 2.24. The molecule has 2 aromatic carbocycles. The molecule has 1 N–H and O–H groups in total. The van der Waals surface area contributed by atoms with Crippen LogP contribution in [-0.4, -0.2) is 18.7 Å². The Hall–Kier alpha value is -2.36. The normalized spacial score (nSPS) is 10.9. The van der Waals surface area contributed by atoms with E-state index in [9.17, 15) is 4.79 Å². The molecule has 0 radical (unpaired) electrons. The molecule has 2 rings (SSSR count). The number of unbranched alkanes of at least 4 members (excludes halogenated alkanes) is 2. The van der Waals surface area contributed by atoms with Crippen molar-refractivity contribution in [3.05, 3.63) is 42.5 Å². The number of nitrogens with zero attached hydrogens (tertiary/aromatic N) is 1. The first-order valence-electron chi connectivity index (χ1n) is 7.22. The summed E-state index contributed by atoms with van der Waals surface area (Å²) in [5.41, 5.74) is 2.47. The lowest BCUT2D eigenvalue weighted by Gasteiger charge is -2.08. The van der Waals surface area contributed by atoms with Crippen molar-refractivity contribution >= 4 is 22.9 Å². The van der Waals surface area contributed by atoms with Gasteiger partial charge >= 0.3 is 0 Å². The fourth-order valence-electron chi connectivity index (χ4n) is 1.97. The van der Waals surface area contributed by atoms with E-state index in [1.165, 1.54) is 0 Å². The Morgan fingerprint density at radius 2 is 2.05 bits per heavy atom. The number of rotatable bonds is 7. The van der Waals surface area contributed by atoms with Crippen molar-refractivity contribution < 1.29 is 9.53 Å². The van der Waals surface area contributed by atoms with Gasteiger partial charge in [-0.25, -0.2) is 5.43 Å². The zero-order valence-corrected chi connectivity index (χ0v) is 12.2. The van der Waals surface area contributed by atoms with Crippen LogP contribution in [0.15, 0.2) is 47.6 Å². The van der Waals surface area contributed by atoms with Gasteiger partial charge in [-0.05, 0) is 24.3 Å². The maximum Gasteiger partial charge on any atom is 0.277 e. The van der Waals surface area contributed by atoms with Crippen LogP contribution in [0.25, 0.3) is 10.8 Å². The first-order valence-corrected chi connectivity index (χ1v) is 7.22. The summed E-state index contributed by atoms with van der Waals surface area (Å²) >= 11 is 0. The lowest BCUT2D eigenvalue weighted by Crippen LogP contribution is -2.24. The van der Waals surface area contributed by atoms with E-state index in [4.69, 9.17) is 4.74 Å². The van der Waals surface area contributed by atoms with Gasteiger partial charge < -0.3 is 4.74 Å². The second-order valence-corrected chi connectivity index (χ2v) is 4.75. The number of nitrogens with one attached hydrogen (secondary N) is 1. The molecule has 0 atom stereocenters. The van der Waals surface area contributed by atoms with Crippen LogP contribution in [0.2, 0.25) is 0 Å². The zero-order chi connectivity index (χ0) is 14.9. The Morgan fingerprint density at radius 3 is 2.90 bits per heavy atom. The molecule has 110 valence electrons. The Labute approximate surface area is 124 Å². The Balaban J connectivity index is 1.87. The molecule has 0 fully saturated rings. The third-order valence-electron chi connectivity index (χ3n) is 3.08. The quantitative estimate of drug-likeness (QED) is 0.480. The number of hydrogen-bond acceptors (Lipinski definition) is 3. The van der Waals surface area contributed by atoms with E-state index in [-0.39, 0.29) is 12.5 Å². The molecule has 0 bridgehead atoms. The molecule has 1 amide bonds. The van der Waals surface area contributed by atoms with Gasteiger partial charge in [-0.1, -0.05) is 49.7 Å². The van der Waals surface area contributed by atoms with E-state index in [2.05, 4.69) is 17.5 Å². The molecule has 0 saturated carbocycles. The Morgan fingerprint density at radius 1 is 1.24 bits per heavy atom. The second-order valence-electron chi connectivity index (χ2n) is 4.75. The predicted octanol–water partition coefficient (Wildman–Crippen LogP) is 3.51. The molecule has 0 heterocycles. The summed E-state index contributed by atoms with van der Waals surface area (Å²) in [5, 5.41) is 5.97. The van der Waals surface area contributed by atoms with Gasteiger partial charge in [0.15, 0.2) is 6.61 Å². The highest BCUT2D eigenvalue weighted by molar-refractivity contribution is 5.88. The van der Waals surface area contributed by atoms with Crippen LogP contribution in [0.4, 0.5) is 0 Å². The molecule has 21 heavy (non-hydrogen) atoms. The van der Waals surface area contributed by atoms with Crippen LogP contribution in [0.5, 0.6) is 5.75 Å². The fourth-order valence-corrected chi connectivity index (χ4v) is 1.97. The van der Waals surface area contributed by atoms with E-state index >= 15 is 0 Å². The summed E-state index contributed by atoms with van der Waals surface area (Å²) in [5.74, 6) is 0.453. The molecule has 0 aromatic heterocycles. The van der Waals surface area contributed by atoms with Crippen LogP contribution in [0, 0.1) is 0 Å². The average molecular weight is 284 g/mol. The SMILES string of the molecule is CCCC/C=N/NC(=O)COc1cccc2ccccc12. The van der Waals surface area contributed by atoms with Crippen molar-refractivity contribution in [3.63, 3.8) is 0 Å². The molecule has 0 saturated heterocycles. The van der Waals surface area contributed by atoms with Crippen molar-refractivity contribution in [2.45, 2.75) is 26.2 Å². The Kier molecular flexibility index (Phi) is 5.76. The first kappa shape index (κ1) is 15.0. The van der Waals surface area contributed by atoms with Crippen molar-refractivity contribution in [1.82, 2.24) is 5.43 Å². The summed E-state index contributed by atoms with van der Waals surface area (Å²) in [6.45, 7) is 2.07. The lowest BCUT2D eigenvalue weighted by molar-refractivity contribution is -0.123. The van der Waals surface area contributed by atoms with Crippen LogP contribution < -0.4 is 10.2 Å². The van der Waals surface area contributed by atoms with Gasteiger partial charge in [-0.2, -0.15) is 5.10 Å². The molecular formula is C17H20N2O2. The molecular weight excluding hydrogens is 264 g/mol. The number of fused-ring (bicyclic) bond motifs is 1. The molecule has 0 aliphatic carbocycles. The minimum Gasteiger partial charge on any atom is -0.483 e. The highest BCUT2D eigenvalue weighted by Gasteiger charge is 2.04. The molecule has 4 nitrogen and oxygen atoms in total. The van der Waals surface area contributed by atoms with Crippen LogP contribution >= 0.6 is 0 Å². The zero-order valence-electron chi connectivity index (χ0n) is 12.2. The summed E-state index contributed by atoms with van der Waals surface area (Å²) in [4.78, 5) is 11.6. The van der Waals surface area contributed by atoms with Gasteiger partial charge in [0.2, 0.25) is 0 Å². The minimum absolute atomic E-state index is 0.0425. The van der Waals surface area contributed by atoms with E-state index in [1.54, 1.807) is 6.21 Å². The summed E-state index contributed by atoms with van der Waals surface area (Å²) < 4.78 is 5.57. The third kappa shape index (κ3) is 4.60. The minimum atomic E-state index is -0.254. The number of benzene rings is 2. The predicted molar refractivity (Wildman–Crippen MR) is 85.6 cm³/mol. The van der Waals surface area contributed by atoms with Gasteiger partial charge in [0.25, 0.3) is 5.91 Å². The van der Waals surface area contributed by atoms with Crippen LogP contribution in [0.1, 0.15) is 26.2 Å². The van der Waals surface area contributed by atoms with E-state index in [1.807, 2.05) is 42.5 Å². The Bertz CT molecular complexity index is 618. The third-order valence-corrected chi connectivity index (χ3v) is 3.08. The number of ether oxygens (including phenoxy) is 1. The lowest BCUT2D eigenvalue weighted by atomic mass is 10.1. The van der Waals surface area contributed by atoms with E-state index in [0.717, 1.165) is 30.0 Å². The topological polar surface area (TPSA) is 50.7 Å². The number of carbonyl (C=O) groups excluding carboxylic acids is 1. The molecule has 0 aliphatic rings. The largest absolute Gasteiger partial charge is 0.483 e. The molecule has 2 aromatic rings. The highest BCUT2D eigenvalue weighted by atomic mass is 16.5. The number of carbonyl (C=O) groups is 1. The van der Waals surface area contributed by atoms with E-state index < -0.39 is 0 Å². The van der Waals surface area contributed by atoms with E-state index in [0.29, 0.717) is 5.75 Å². The number of hydrazone groups is 1. The van der Waals surface area contributed by atoms with Crippen LogP contribution in [-0.2, 0) is 4.79 Å². The first-order chi connectivity index (χ1) is 10.3. The molecule has 0 spiro atoms. The van der Waals surface area contributed by atoms with Crippen molar-refractivity contribution in [1.29, 1.82) is 0 Å². The standard InChI is InChI=1S/C17H20N2O2/c1-2-3-6-12-18-19-17(20)13-21-16-11-7-9-14-8-4-5-10-15(14)16/h4-5,7-12H,2-3,6,13H2,1H3,(H,19,20)/b18-12+. The van der Waals surface area contributed by atoms with Gasteiger partial charge in [-0.3, -0.25) is 4.79 Å². The van der Waals surface area contributed by atoms with Gasteiger partial charge in [0.05, 0.1) is 0 Å². The molecule has 0 unspecified atom stereocenters. The van der Waals surface area contributed by atoms with Gasteiger partial charge in [0, 0.05) is 11.6 Å². The maximum absolute atomic E-state index is 11.6. The number of hydrogen-bond donors (Lipinski definition) is 1. The number of amides is 1. The summed E-state index contributed by atoms with van der Waals surface area (Å²) in [6.07, 6.45) is 4.79. The van der Waals surface area contributed by atoms with Crippen molar-refractivity contribution in [2.24, 2.45) is 5.10 Å². The second kappa shape index (κ2) is 8.04.